The maximum atomic E-state index is 12.3. The van der Waals surface area contributed by atoms with Gasteiger partial charge in [0.15, 0.2) is 0 Å². The Labute approximate surface area is 131 Å². The molecule has 3 rings (SSSR count). The van der Waals surface area contributed by atoms with Crippen LogP contribution >= 0.6 is 0 Å². The van der Waals surface area contributed by atoms with E-state index in [9.17, 15) is 4.79 Å². The van der Waals surface area contributed by atoms with Crippen molar-refractivity contribution in [2.45, 2.75) is 44.2 Å². The van der Waals surface area contributed by atoms with E-state index in [2.05, 4.69) is 20.5 Å². The summed E-state index contributed by atoms with van der Waals surface area (Å²) >= 11 is 0. The van der Waals surface area contributed by atoms with Crippen LogP contribution in [-0.4, -0.2) is 64.2 Å². The smallest absolute Gasteiger partial charge is 0.226 e. The van der Waals surface area contributed by atoms with Crippen molar-refractivity contribution in [2.75, 3.05) is 26.3 Å². The van der Waals surface area contributed by atoms with Gasteiger partial charge in [0.2, 0.25) is 5.91 Å². The summed E-state index contributed by atoms with van der Waals surface area (Å²) in [5, 5.41) is 10.9. The number of aryl methyl sites for hydroxylation is 1. The Bertz CT molecular complexity index is 498. The molecule has 1 N–H and O–H groups in total. The summed E-state index contributed by atoms with van der Waals surface area (Å²) < 4.78 is 7.10. The molecule has 0 aromatic carbocycles. The molecule has 122 valence electrons. The fraction of sp³-hybridized carbons (Fsp3) is 0.800. The number of hydrogen-bond donors (Lipinski definition) is 1. The van der Waals surface area contributed by atoms with Crippen molar-refractivity contribution in [3.05, 3.63) is 11.9 Å². The Morgan fingerprint density at radius 2 is 2.14 bits per heavy atom. The number of carbonyl (C=O) groups excluding carboxylic acids is 1. The minimum atomic E-state index is 0.0653. The number of amides is 1. The molecule has 1 saturated carbocycles. The maximum Gasteiger partial charge on any atom is 0.226 e. The number of ether oxygens (including phenoxy) is 1. The van der Waals surface area contributed by atoms with Gasteiger partial charge in [-0.25, -0.2) is 0 Å². The molecule has 1 aliphatic carbocycles. The van der Waals surface area contributed by atoms with Crippen molar-refractivity contribution < 1.29 is 9.53 Å². The number of aromatic nitrogens is 3. The van der Waals surface area contributed by atoms with Gasteiger partial charge in [-0.3, -0.25) is 14.4 Å². The maximum absolute atomic E-state index is 12.3. The van der Waals surface area contributed by atoms with Crippen LogP contribution in [0.3, 0.4) is 0 Å². The molecular weight excluding hydrogens is 282 g/mol. The minimum absolute atomic E-state index is 0.0653. The molecule has 0 bridgehead atoms. The highest BCUT2D eigenvalue weighted by Gasteiger charge is 2.32. The molecule has 1 aliphatic heterocycles. The van der Waals surface area contributed by atoms with E-state index in [4.69, 9.17) is 4.74 Å². The monoisotopic (exact) mass is 307 g/mol. The molecule has 2 atom stereocenters. The molecule has 1 aromatic rings. The Kier molecular flexibility index (Phi) is 5.04. The summed E-state index contributed by atoms with van der Waals surface area (Å²) in [6.07, 6.45) is 6.67. The zero-order chi connectivity index (χ0) is 15.4. The van der Waals surface area contributed by atoms with Crippen LogP contribution in [0.1, 0.15) is 31.4 Å². The summed E-state index contributed by atoms with van der Waals surface area (Å²) in [6, 6.07) is 0.701. The lowest BCUT2D eigenvalue weighted by atomic mass is 9.88. The predicted molar refractivity (Wildman–Crippen MR) is 81.3 cm³/mol. The third kappa shape index (κ3) is 3.64. The number of nitrogens with one attached hydrogen (secondary N) is 1. The van der Waals surface area contributed by atoms with Gasteiger partial charge in [-0.2, -0.15) is 0 Å². The van der Waals surface area contributed by atoms with Gasteiger partial charge in [-0.05, 0) is 12.8 Å². The zero-order valence-electron chi connectivity index (χ0n) is 13.2. The summed E-state index contributed by atoms with van der Waals surface area (Å²) in [5.41, 5.74) is 0.844. The van der Waals surface area contributed by atoms with Crippen LogP contribution in [0.2, 0.25) is 0 Å². The molecule has 2 aliphatic rings. The van der Waals surface area contributed by atoms with Crippen molar-refractivity contribution in [3.8, 4) is 0 Å². The van der Waals surface area contributed by atoms with Gasteiger partial charge in [-0.15, -0.1) is 5.10 Å². The molecule has 2 heterocycles. The largest absolute Gasteiger partial charge is 0.379 e. The normalized spacial score (nSPS) is 26.8. The van der Waals surface area contributed by atoms with E-state index in [1.807, 2.05) is 7.05 Å². The van der Waals surface area contributed by atoms with Crippen LogP contribution < -0.4 is 5.32 Å². The predicted octanol–water partition coefficient (Wildman–Crippen LogP) is 0.117. The van der Waals surface area contributed by atoms with Gasteiger partial charge in [0, 0.05) is 32.2 Å². The quantitative estimate of drug-likeness (QED) is 0.855. The highest BCUT2D eigenvalue weighted by Crippen LogP contribution is 2.24. The van der Waals surface area contributed by atoms with E-state index in [1.165, 1.54) is 12.8 Å². The van der Waals surface area contributed by atoms with Gasteiger partial charge in [0.1, 0.15) is 0 Å². The fourth-order valence-electron chi connectivity index (χ4n) is 3.52. The molecule has 0 spiro atoms. The fourth-order valence-corrected chi connectivity index (χ4v) is 3.52. The summed E-state index contributed by atoms with van der Waals surface area (Å²) in [4.78, 5) is 14.8. The number of hydrogen-bond acceptors (Lipinski definition) is 5. The summed E-state index contributed by atoms with van der Waals surface area (Å²) in [6.45, 7) is 3.56. The lowest BCUT2D eigenvalue weighted by molar-refractivity contribution is -0.122. The number of rotatable bonds is 4. The van der Waals surface area contributed by atoms with Crippen molar-refractivity contribution in [2.24, 2.45) is 7.05 Å². The van der Waals surface area contributed by atoms with E-state index in [-0.39, 0.29) is 11.9 Å². The highest BCUT2D eigenvalue weighted by atomic mass is 16.5. The van der Waals surface area contributed by atoms with Crippen LogP contribution in [0.15, 0.2) is 6.20 Å². The molecule has 22 heavy (non-hydrogen) atoms. The molecule has 2 unspecified atom stereocenters. The van der Waals surface area contributed by atoms with Crippen LogP contribution in [0.5, 0.6) is 0 Å². The van der Waals surface area contributed by atoms with Crippen molar-refractivity contribution >= 4 is 5.91 Å². The second-order valence-corrected chi connectivity index (χ2v) is 6.20. The van der Waals surface area contributed by atoms with E-state index in [0.717, 1.165) is 44.8 Å². The second kappa shape index (κ2) is 7.19. The van der Waals surface area contributed by atoms with Crippen molar-refractivity contribution in [1.29, 1.82) is 0 Å². The molecular formula is C15H25N5O2. The van der Waals surface area contributed by atoms with E-state index >= 15 is 0 Å². The van der Waals surface area contributed by atoms with Crippen molar-refractivity contribution in [1.82, 2.24) is 25.2 Å². The van der Waals surface area contributed by atoms with E-state index < -0.39 is 0 Å². The highest BCUT2D eigenvalue weighted by molar-refractivity contribution is 5.78. The number of morpholine rings is 1. The average molecular weight is 307 g/mol. The minimum Gasteiger partial charge on any atom is -0.379 e. The molecule has 7 nitrogen and oxygen atoms in total. The van der Waals surface area contributed by atoms with Gasteiger partial charge in [0.05, 0.1) is 31.5 Å². The zero-order valence-corrected chi connectivity index (χ0v) is 13.2. The van der Waals surface area contributed by atoms with Crippen LogP contribution in [0, 0.1) is 0 Å². The Hall–Kier alpha value is -1.47. The van der Waals surface area contributed by atoms with Crippen LogP contribution in [0.25, 0.3) is 0 Å². The van der Waals surface area contributed by atoms with E-state index in [1.54, 1.807) is 10.9 Å². The average Bonchev–Trinajstić information content (AvgIpc) is 2.94. The molecule has 0 radical (unpaired) electrons. The molecule has 1 amide bonds. The molecule has 1 saturated heterocycles. The lowest BCUT2D eigenvalue weighted by Crippen LogP contribution is -2.56. The summed E-state index contributed by atoms with van der Waals surface area (Å²) in [7, 11) is 1.81. The molecule has 2 fully saturated rings. The third-order valence-electron chi connectivity index (χ3n) is 4.74. The van der Waals surface area contributed by atoms with Gasteiger partial charge in [0.25, 0.3) is 0 Å². The molecule has 1 aromatic heterocycles. The first-order valence-corrected chi connectivity index (χ1v) is 8.19. The Balaban J connectivity index is 1.58. The standard InChI is InChI=1S/C15H25N5O2/c1-19-12(11-16-18-19)10-15(21)17-13-4-2-3-5-14(13)20-6-8-22-9-7-20/h11,13-14H,2-10H2,1H3,(H,17,21). The third-order valence-corrected chi connectivity index (χ3v) is 4.74. The first kappa shape index (κ1) is 15.4. The van der Waals surface area contributed by atoms with Gasteiger partial charge in [-0.1, -0.05) is 18.1 Å². The number of carbonyl (C=O) groups is 1. The summed E-state index contributed by atoms with van der Waals surface area (Å²) in [5.74, 6) is 0.0653. The number of nitrogens with zero attached hydrogens (tertiary/aromatic N) is 4. The van der Waals surface area contributed by atoms with Crippen LogP contribution in [-0.2, 0) is 23.0 Å². The van der Waals surface area contributed by atoms with E-state index in [0.29, 0.717) is 12.5 Å². The van der Waals surface area contributed by atoms with Gasteiger partial charge >= 0.3 is 0 Å². The molecule has 7 heteroatoms. The Morgan fingerprint density at radius 3 is 2.86 bits per heavy atom. The lowest BCUT2D eigenvalue weighted by Gasteiger charge is -2.41. The van der Waals surface area contributed by atoms with Crippen LogP contribution in [0.4, 0.5) is 0 Å². The first-order chi connectivity index (χ1) is 10.7. The van der Waals surface area contributed by atoms with Gasteiger partial charge < -0.3 is 10.1 Å². The SMILES string of the molecule is Cn1nncc1CC(=O)NC1CCCCC1N1CCOCC1. The second-order valence-electron chi connectivity index (χ2n) is 6.20. The first-order valence-electron chi connectivity index (χ1n) is 8.19. The Morgan fingerprint density at radius 1 is 1.36 bits per heavy atom. The topological polar surface area (TPSA) is 72.3 Å². The van der Waals surface area contributed by atoms with Crippen molar-refractivity contribution in [3.63, 3.8) is 0 Å².